The number of aromatic nitrogens is 1. The molecule has 0 bridgehead atoms. The van der Waals surface area contributed by atoms with Gasteiger partial charge in [-0.1, -0.05) is 24.3 Å². The van der Waals surface area contributed by atoms with E-state index in [1.54, 1.807) is 6.20 Å². The van der Waals surface area contributed by atoms with Crippen molar-refractivity contribution in [2.75, 3.05) is 16.3 Å². The first-order valence-corrected chi connectivity index (χ1v) is 7.88. The molecule has 1 atom stereocenters. The number of urea groups is 1. The van der Waals surface area contributed by atoms with Gasteiger partial charge < -0.3 is 0 Å². The lowest BCUT2D eigenvalue weighted by atomic mass is 10.1. The van der Waals surface area contributed by atoms with E-state index >= 15 is 0 Å². The molecule has 26 heavy (non-hydrogen) atoms. The fraction of sp³-hybridized carbons (Fsp3) is 0.105. The van der Waals surface area contributed by atoms with E-state index in [1.165, 1.54) is 22.1 Å². The third-order valence-electron chi connectivity index (χ3n) is 4.37. The largest absolute Gasteiger partial charge is 0.330 e. The number of pyridine rings is 1. The number of carbonyl (C=O) groups excluding carboxylic acids is 1. The minimum Gasteiger partial charge on any atom is -0.291 e. The molecule has 2 amide bonds. The summed E-state index contributed by atoms with van der Waals surface area (Å²) in [5.74, 6) is -2.04. The van der Waals surface area contributed by atoms with Gasteiger partial charge in [-0.3, -0.25) is 14.8 Å². The number of halogens is 2. The Kier molecular flexibility index (Phi) is 3.73. The average molecular weight is 350 g/mol. The van der Waals surface area contributed by atoms with Crippen molar-refractivity contribution in [2.24, 2.45) is 0 Å². The van der Waals surface area contributed by atoms with E-state index in [4.69, 9.17) is 0 Å². The minimum absolute atomic E-state index is 0.0453. The first-order valence-electron chi connectivity index (χ1n) is 7.88. The predicted molar refractivity (Wildman–Crippen MR) is 92.7 cm³/mol. The van der Waals surface area contributed by atoms with Gasteiger partial charge in [0, 0.05) is 28.7 Å². The second-order valence-electron chi connectivity index (χ2n) is 5.89. The number of nitrogens with zero attached hydrogens (tertiary/aromatic N) is 4. The quantitative estimate of drug-likeness (QED) is 0.705. The van der Waals surface area contributed by atoms with Crippen molar-refractivity contribution in [3.63, 3.8) is 0 Å². The molecule has 4 rings (SSSR count). The molecule has 1 fully saturated rings. The summed E-state index contributed by atoms with van der Waals surface area (Å²) in [7, 11) is 0. The molecule has 1 saturated heterocycles. The van der Waals surface area contributed by atoms with Gasteiger partial charge in [0.1, 0.15) is 6.04 Å². The van der Waals surface area contributed by atoms with Crippen molar-refractivity contribution in [1.29, 1.82) is 5.26 Å². The van der Waals surface area contributed by atoms with Crippen LogP contribution < -0.4 is 9.80 Å². The molecule has 2 aromatic carbocycles. The molecule has 7 heteroatoms. The summed E-state index contributed by atoms with van der Waals surface area (Å²) < 4.78 is 26.8. The molecule has 0 spiro atoms. The number of hydrogen-bond acceptors (Lipinski definition) is 3. The number of fused-ring (bicyclic) bond motifs is 1. The van der Waals surface area contributed by atoms with Crippen molar-refractivity contribution in [2.45, 2.75) is 6.04 Å². The van der Waals surface area contributed by atoms with E-state index in [1.807, 2.05) is 24.3 Å². The predicted octanol–water partition coefficient (Wildman–Crippen LogP) is 3.85. The van der Waals surface area contributed by atoms with Crippen molar-refractivity contribution in [1.82, 2.24) is 4.98 Å². The molecule has 2 heterocycles. The van der Waals surface area contributed by atoms with Crippen molar-refractivity contribution in [3.8, 4) is 6.07 Å². The molecule has 1 aromatic heterocycles. The summed E-state index contributed by atoms with van der Waals surface area (Å²) in [4.78, 5) is 19.7. The summed E-state index contributed by atoms with van der Waals surface area (Å²) in [6, 6.07) is 11.5. The molecule has 0 unspecified atom stereocenters. The first kappa shape index (κ1) is 16.0. The second kappa shape index (κ2) is 6.08. The molecule has 1 aliphatic rings. The summed E-state index contributed by atoms with van der Waals surface area (Å²) in [6.45, 7) is 0.0453. The van der Waals surface area contributed by atoms with E-state index in [2.05, 4.69) is 11.1 Å². The molecular formula is C19H12F2N4O. The van der Waals surface area contributed by atoms with E-state index < -0.39 is 23.7 Å². The minimum atomic E-state index is -1.05. The van der Waals surface area contributed by atoms with Crippen molar-refractivity contribution >= 4 is 28.2 Å². The van der Waals surface area contributed by atoms with Gasteiger partial charge in [-0.15, -0.1) is 0 Å². The summed E-state index contributed by atoms with van der Waals surface area (Å²) in [6.07, 6.45) is 3.20. The van der Waals surface area contributed by atoms with Crippen molar-refractivity contribution < 1.29 is 13.6 Å². The van der Waals surface area contributed by atoms with Crippen LogP contribution in [0.4, 0.5) is 25.0 Å². The average Bonchev–Trinajstić information content (AvgIpc) is 3.00. The maximum atomic E-state index is 13.6. The molecule has 0 saturated carbocycles. The van der Waals surface area contributed by atoms with Gasteiger partial charge >= 0.3 is 6.03 Å². The van der Waals surface area contributed by atoms with Crippen LogP contribution in [0, 0.1) is 23.0 Å². The Hall–Kier alpha value is -3.53. The van der Waals surface area contributed by atoms with Crippen LogP contribution in [0.25, 0.3) is 10.8 Å². The Bertz CT molecular complexity index is 1060. The molecule has 0 radical (unpaired) electrons. The Morgan fingerprint density at radius 2 is 1.92 bits per heavy atom. The standard InChI is InChI=1S/C19H12F2N4O/c20-16-6-5-13(7-17(16)21)24-11-14(8-22)25(19(24)26)18-10-23-9-12-3-1-2-4-15(12)18/h1-7,9-10,14H,11H2/t14-/m0/s1. The lowest BCUT2D eigenvalue weighted by molar-refractivity contribution is 0.255. The fourth-order valence-electron chi connectivity index (χ4n) is 3.13. The Morgan fingerprint density at radius 1 is 1.12 bits per heavy atom. The number of rotatable bonds is 2. The number of anilines is 2. The second-order valence-corrected chi connectivity index (χ2v) is 5.89. The summed E-state index contributed by atoms with van der Waals surface area (Å²) >= 11 is 0. The summed E-state index contributed by atoms with van der Waals surface area (Å²) in [5, 5.41) is 11.1. The first-order chi connectivity index (χ1) is 12.6. The van der Waals surface area contributed by atoms with Crippen LogP contribution in [-0.2, 0) is 0 Å². The molecule has 0 aliphatic carbocycles. The monoisotopic (exact) mass is 350 g/mol. The van der Waals surface area contributed by atoms with Crippen LogP contribution in [-0.4, -0.2) is 23.6 Å². The molecule has 0 N–H and O–H groups in total. The summed E-state index contributed by atoms with van der Waals surface area (Å²) in [5.41, 5.74) is 0.703. The number of carbonyl (C=O) groups is 1. The zero-order valence-corrected chi connectivity index (χ0v) is 13.4. The van der Waals surface area contributed by atoms with Crippen LogP contribution in [0.1, 0.15) is 0 Å². The van der Waals surface area contributed by atoms with Gasteiger partial charge in [0.05, 0.1) is 24.5 Å². The smallest absolute Gasteiger partial charge is 0.291 e. The van der Waals surface area contributed by atoms with Gasteiger partial charge in [-0.2, -0.15) is 5.26 Å². The highest BCUT2D eigenvalue weighted by Gasteiger charge is 2.40. The maximum Gasteiger partial charge on any atom is 0.330 e. The van der Waals surface area contributed by atoms with Crippen LogP contribution in [0.5, 0.6) is 0 Å². The highest BCUT2D eigenvalue weighted by atomic mass is 19.2. The zero-order valence-electron chi connectivity index (χ0n) is 13.4. The maximum absolute atomic E-state index is 13.6. The molecule has 3 aromatic rings. The Labute approximate surface area is 147 Å². The molecule has 5 nitrogen and oxygen atoms in total. The Balaban J connectivity index is 1.80. The third-order valence-corrected chi connectivity index (χ3v) is 4.37. The molecule has 128 valence electrons. The topological polar surface area (TPSA) is 60.2 Å². The number of hydrogen-bond donors (Lipinski definition) is 0. The van der Waals surface area contributed by atoms with Gasteiger partial charge in [-0.25, -0.2) is 13.6 Å². The van der Waals surface area contributed by atoms with Crippen molar-refractivity contribution in [3.05, 3.63) is 66.5 Å². The molecular weight excluding hydrogens is 338 g/mol. The van der Waals surface area contributed by atoms with Gasteiger partial charge in [0.2, 0.25) is 0 Å². The Morgan fingerprint density at radius 3 is 2.69 bits per heavy atom. The zero-order chi connectivity index (χ0) is 18.3. The van der Waals surface area contributed by atoms with E-state index in [-0.39, 0.29) is 12.2 Å². The fourth-order valence-corrected chi connectivity index (χ4v) is 3.13. The van der Waals surface area contributed by atoms with E-state index in [0.717, 1.165) is 22.9 Å². The highest BCUT2D eigenvalue weighted by Crippen LogP contribution is 2.33. The van der Waals surface area contributed by atoms with Crippen LogP contribution in [0.2, 0.25) is 0 Å². The van der Waals surface area contributed by atoms with Crippen LogP contribution in [0.3, 0.4) is 0 Å². The lowest BCUT2D eigenvalue weighted by Crippen LogP contribution is -2.34. The highest BCUT2D eigenvalue weighted by molar-refractivity contribution is 6.11. The van der Waals surface area contributed by atoms with Crippen LogP contribution >= 0.6 is 0 Å². The number of benzene rings is 2. The van der Waals surface area contributed by atoms with E-state index in [0.29, 0.717) is 5.69 Å². The normalized spacial score (nSPS) is 17.0. The molecule has 1 aliphatic heterocycles. The van der Waals surface area contributed by atoms with Gasteiger partial charge in [0.15, 0.2) is 11.6 Å². The van der Waals surface area contributed by atoms with Gasteiger partial charge in [-0.05, 0) is 12.1 Å². The van der Waals surface area contributed by atoms with Crippen LogP contribution in [0.15, 0.2) is 54.9 Å². The number of nitriles is 1. The third kappa shape index (κ3) is 2.43. The number of amides is 2. The lowest BCUT2D eigenvalue weighted by Gasteiger charge is -2.21. The van der Waals surface area contributed by atoms with Gasteiger partial charge in [0.25, 0.3) is 0 Å². The van der Waals surface area contributed by atoms with E-state index in [9.17, 15) is 18.8 Å². The SMILES string of the molecule is N#C[C@H]1CN(c2ccc(F)c(F)c2)C(=O)N1c1cncc2ccccc12.